The number of fused-ring (bicyclic) bond motifs is 1. The second kappa shape index (κ2) is 7.28. The number of hydrogen-bond acceptors (Lipinski definition) is 6. The largest absolute Gasteiger partial charge is 0.872 e. The van der Waals surface area contributed by atoms with Gasteiger partial charge >= 0.3 is 5.97 Å². The molecule has 26 heavy (non-hydrogen) atoms. The molecule has 0 radical (unpaired) electrons. The lowest BCUT2D eigenvalue weighted by Gasteiger charge is -2.20. The van der Waals surface area contributed by atoms with Gasteiger partial charge in [0, 0.05) is 16.7 Å². The third kappa shape index (κ3) is 3.52. The van der Waals surface area contributed by atoms with Crippen LogP contribution in [-0.4, -0.2) is 30.8 Å². The van der Waals surface area contributed by atoms with Crippen molar-refractivity contribution in [1.82, 2.24) is 0 Å². The van der Waals surface area contributed by atoms with E-state index in [9.17, 15) is 19.8 Å². The molecule has 7 heteroatoms. The molecule has 134 valence electrons. The van der Waals surface area contributed by atoms with Crippen molar-refractivity contribution < 1.29 is 34.0 Å². The van der Waals surface area contributed by atoms with Crippen molar-refractivity contribution in [1.29, 1.82) is 0 Å². The number of carbonyl (C=O) groups excluding carboxylic acids is 1. The summed E-state index contributed by atoms with van der Waals surface area (Å²) in [7, 11) is 1.43. The van der Waals surface area contributed by atoms with Crippen molar-refractivity contribution in [2.45, 2.75) is 6.61 Å². The fraction of sp³-hybridized carbons (Fsp3) is 0.158. The Labute approximate surface area is 149 Å². The summed E-state index contributed by atoms with van der Waals surface area (Å²) in [4.78, 5) is 23.6. The van der Waals surface area contributed by atoms with Crippen LogP contribution in [0.5, 0.6) is 17.2 Å². The SMILES string of the molecule is COc1ccc(C(=O)C=Cc2cc(C(=O)O)cc3c2OCOC3)c([O-])c1. The van der Waals surface area contributed by atoms with Gasteiger partial charge in [-0.05, 0) is 42.5 Å². The van der Waals surface area contributed by atoms with Crippen LogP contribution in [0.25, 0.3) is 6.08 Å². The number of carboxylic acids is 1. The minimum absolute atomic E-state index is 0.00504. The topological polar surface area (TPSA) is 105 Å². The minimum atomic E-state index is -1.10. The summed E-state index contributed by atoms with van der Waals surface area (Å²) in [5.74, 6) is -1.23. The van der Waals surface area contributed by atoms with Crippen LogP contribution < -0.4 is 14.6 Å². The first kappa shape index (κ1) is 17.5. The molecular weight excluding hydrogens is 340 g/mol. The summed E-state index contributed by atoms with van der Waals surface area (Å²) in [6.45, 7) is 0.256. The monoisotopic (exact) mass is 355 g/mol. The van der Waals surface area contributed by atoms with Crippen LogP contribution in [0, 0.1) is 0 Å². The number of carboxylic acid groups (broad SMARTS) is 1. The summed E-state index contributed by atoms with van der Waals surface area (Å²) in [5.41, 5.74) is 1.06. The quantitative estimate of drug-likeness (QED) is 0.647. The molecule has 0 aliphatic carbocycles. The fourth-order valence-electron chi connectivity index (χ4n) is 2.58. The zero-order valence-corrected chi connectivity index (χ0v) is 13.9. The molecule has 1 aliphatic heterocycles. The molecule has 1 heterocycles. The number of carbonyl (C=O) groups is 2. The van der Waals surface area contributed by atoms with Gasteiger partial charge in [0.15, 0.2) is 12.6 Å². The molecule has 0 unspecified atom stereocenters. The Kier molecular flexibility index (Phi) is 4.90. The summed E-state index contributed by atoms with van der Waals surface area (Å²) >= 11 is 0. The Morgan fingerprint density at radius 1 is 1.27 bits per heavy atom. The fourth-order valence-corrected chi connectivity index (χ4v) is 2.58. The first-order valence-corrected chi connectivity index (χ1v) is 7.68. The third-order valence-electron chi connectivity index (χ3n) is 3.85. The van der Waals surface area contributed by atoms with Crippen molar-refractivity contribution in [3.63, 3.8) is 0 Å². The molecule has 2 aromatic carbocycles. The lowest BCUT2D eigenvalue weighted by Crippen LogP contribution is -2.13. The lowest BCUT2D eigenvalue weighted by atomic mass is 10.0. The Hall–Kier alpha value is -3.32. The van der Waals surface area contributed by atoms with Gasteiger partial charge in [-0.25, -0.2) is 4.79 Å². The smallest absolute Gasteiger partial charge is 0.335 e. The van der Waals surface area contributed by atoms with Gasteiger partial charge < -0.3 is 24.4 Å². The van der Waals surface area contributed by atoms with Crippen molar-refractivity contribution in [3.05, 3.63) is 58.7 Å². The highest BCUT2D eigenvalue weighted by molar-refractivity contribution is 6.08. The Bertz CT molecular complexity index is 899. The van der Waals surface area contributed by atoms with Crippen molar-refractivity contribution >= 4 is 17.8 Å². The van der Waals surface area contributed by atoms with Crippen LogP contribution in [-0.2, 0) is 11.3 Å². The lowest BCUT2D eigenvalue weighted by molar-refractivity contribution is -0.268. The zero-order chi connectivity index (χ0) is 18.7. The maximum absolute atomic E-state index is 12.3. The number of aromatic carboxylic acids is 1. The van der Waals surface area contributed by atoms with Gasteiger partial charge in [0.1, 0.15) is 11.5 Å². The van der Waals surface area contributed by atoms with Gasteiger partial charge in [0.05, 0.1) is 19.3 Å². The third-order valence-corrected chi connectivity index (χ3v) is 3.85. The van der Waals surface area contributed by atoms with Crippen LogP contribution in [0.1, 0.15) is 31.8 Å². The highest BCUT2D eigenvalue weighted by atomic mass is 16.7. The molecule has 0 saturated carbocycles. The van der Waals surface area contributed by atoms with Gasteiger partial charge in [-0.2, -0.15) is 0 Å². The number of allylic oxidation sites excluding steroid dienone is 1. The molecule has 1 N–H and O–H groups in total. The second-order valence-electron chi connectivity index (χ2n) is 5.53. The van der Waals surface area contributed by atoms with E-state index >= 15 is 0 Å². The standard InChI is InChI=1S/C19H16O7/c1-24-14-3-4-15(17(21)8-14)16(20)5-2-11-6-12(19(22)23)7-13-9-25-10-26-18(11)13/h2-8,21H,9-10H2,1H3,(H,22,23)/p-1. The van der Waals surface area contributed by atoms with Crippen LogP contribution in [0.4, 0.5) is 0 Å². The highest BCUT2D eigenvalue weighted by Gasteiger charge is 2.18. The minimum Gasteiger partial charge on any atom is -0.872 e. The molecule has 0 bridgehead atoms. The van der Waals surface area contributed by atoms with Crippen LogP contribution in [0.2, 0.25) is 0 Å². The van der Waals surface area contributed by atoms with E-state index in [0.717, 1.165) is 0 Å². The first-order chi connectivity index (χ1) is 12.5. The van der Waals surface area contributed by atoms with Gasteiger partial charge in [-0.3, -0.25) is 4.79 Å². The number of ether oxygens (including phenoxy) is 3. The summed E-state index contributed by atoms with van der Waals surface area (Å²) < 4.78 is 15.5. The molecule has 3 rings (SSSR count). The molecule has 0 spiro atoms. The zero-order valence-electron chi connectivity index (χ0n) is 13.9. The maximum atomic E-state index is 12.3. The molecule has 0 fully saturated rings. The highest BCUT2D eigenvalue weighted by Crippen LogP contribution is 2.31. The van der Waals surface area contributed by atoms with E-state index in [1.54, 1.807) is 0 Å². The molecule has 0 saturated heterocycles. The summed E-state index contributed by atoms with van der Waals surface area (Å²) in [6, 6.07) is 7.02. The number of rotatable bonds is 5. The van der Waals surface area contributed by atoms with Gasteiger partial charge in [-0.15, -0.1) is 0 Å². The molecule has 0 atom stereocenters. The predicted octanol–water partition coefficient (Wildman–Crippen LogP) is 2.23. The molecule has 0 amide bonds. The van der Waals surface area contributed by atoms with E-state index in [0.29, 0.717) is 22.6 Å². The van der Waals surface area contributed by atoms with Crippen molar-refractivity contribution in [2.75, 3.05) is 13.9 Å². The first-order valence-electron chi connectivity index (χ1n) is 7.68. The van der Waals surface area contributed by atoms with E-state index in [1.165, 1.54) is 49.6 Å². The number of hydrogen-bond donors (Lipinski definition) is 1. The number of ketones is 1. The predicted molar refractivity (Wildman–Crippen MR) is 89.5 cm³/mol. The Morgan fingerprint density at radius 2 is 2.08 bits per heavy atom. The van der Waals surface area contributed by atoms with Crippen LogP contribution >= 0.6 is 0 Å². The van der Waals surface area contributed by atoms with E-state index in [-0.39, 0.29) is 24.5 Å². The van der Waals surface area contributed by atoms with Crippen LogP contribution in [0.15, 0.2) is 36.4 Å². The summed E-state index contributed by atoms with van der Waals surface area (Å²) in [5, 5.41) is 21.2. The normalized spacial score (nSPS) is 13.1. The van der Waals surface area contributed by atoms with Gasteiger partial charge in [0.25, 0.3) is 0 Å². The molecule has 2 aromatic rings. The maximum Gasteiger partial charge on any atom is 0.335 e. The summed E-state index contributed by atoms with van der Waals surface area (Å²) in [6.07, 6.45) is 2.64. The molecule has 7 nitrogen and oxygen atoms in total. The average Bonchev–Trinajstić information content (AvgIpc) is 2.65. The molecule has 1 aliphatic rings. The Morgan fingerprint density at radius 3 is 2.77 bits per heavy atom. The van der Waals surface area contributed by atoms with Crippen molar-refractivity contribution in [3.8, 4) is 17.2 Å². The number of benzene rings is 2. The van der Waals surface area contributed by atoms with E-state index in [1.807, 2.05) is 0 Å². The van der Waals surface area contributed by atoms with Crippen molar-refractivity contribution in [2.24, 2.45) is 0 Å². The van der Waals surface area contributed by atoms with E-state index < -0.39 is 17.5 Å². The number of methoxy groups -OCH3 is 1. The van der Waals surface area contributed by atoms with Gasteiger partial charge in [-0.1, -0.05) is 5.75 Å². The Balaban J connectivity index is 1.93. The van der Waals surface area contributed by atoms with Crippen LogP contribution in [0.3, 0.4) is 0 Å². The van der Waals surface area contributed by atoms with Gasteiger partial charge in [0.2, 0.25) is 0 Å². The average molecular weight is 355 g/mol. The van der Waals surface area contributed by atoms with E-state index in [4.69, 9.17) is 14.2 Å². The molecule has 0 aromatic heterocycles. The second-order valence-corrected chi connectivity index (χ2v) is 5.53. The molecular formula is C19H15O7-. The van der Waals surface area contributed by atoms with E-state index in [2.05, 4.69) is 0 Å².